The van der Waals surface area contributed by atoms with E-state index >= 15 is 0 Å². The molecule has 0 bridgehead atoms. The Morgan fingerprint density at radius 3 is 2.38 bits per heavy atom. The fourth-order valence-corrected chi connectivity index (χ4v) is 1.74. The summed E-state index contributed by atoms with van der Waals surface area (Å²) in [4.78, 5) is 25.9. The molecule has 0 N–H and O–H groups in total. The lowest BCUT2D eigenvalue weighted by molar-refractivity contribution is -0.139. The number of aromatic nitrogens is 1. The first kappa shape index (κ1) is 17.5. The van der Waals surface area contributed by atoms with Gasteiger partial charge >= 0.3 is 12.2 Å². The summed E-state index contributed by atoms with van der Waals surface area (Å²) < 4.78 is 39.2. The second-order valence-corrected chi connectivity index (χ2v) is 4.54. The van der Waals surface area contributed by atoms with Crippen molar-refractivity contribution in [2.24, 2.45) is 0 Å². The molecular formula is C15H14F3N3O3. The van der Waals surface area contributed by atoms with Gasteiger partial charge in [0.05, 0.1) is 12.8 Å². The fourth-order valence-electron chi connectivity index (χ4n) is 1.74. The largest absolute Gasteiger partial charge is 0.421 e. The number of benzene rings is 1. The molecule has 0 atom stereocenters. The van der Waals surface area contributed by atoms with Crippen LogP contribution in [0.2, 0.25) is 0 Å². The van der Waals surface area contributed by atoms with E-state index in [1.807, 2.05) is 0 Å². The maximum atomic E-state index is 13.1. The standard InChI is InChI=1S/C15H14F3N3O3/c1-20(23-2)14(22)21(11-7-4-3-5-8-11)24-13-12(15(16,17)18)9-6-10-19-13/h3-10H,1-2H3. The van der Waals surface area contributed by atoms with Crippen molar-refractivity contribution in [3.05, 3.63) is 54.2 Å². The minimum atomic E-state index is -4.68. The molecule has 0 saturated carbocycles. The topological polar surface area (TPSA) is 54.9 Å². The smallest absolute Gasteiger partial charge is 0.349 e. The molecule has 0 saturated heterocycles. The third-order valence-electron chi connectivity index (χ3n) is 2.96. The van der Waals surface area contributed by atoms with Gasteiger partial charge in [-0.3, -0.25) is 4.84 Å². The molecule has 0 aliphatic carbocycles. The van der Waals surface area contributed by atoms with Gasteiger partial charge in [-0.15, -0.1) is 5.06 Å². The molecular weight excluding hydrogens is 327 g/mol. The average molecular weight is 341 g/mol. The van der Waals surface area contributed by atoms with Crippen LogP contribution in [0.1, 0.15) is 5.56 Å². The van der Waals surface area contributed by atoms with Crippen molar-refractivity contribution in [2.45, 2.75) is 6.18 Å². The molecule has 0 fully saturated rings. The summed E-state index contributed by atoms with van der Waals surface area (Å²) in [5.41, 5.74) is -0.885. The van der Waals surface area contributed by atoms with Gasteiger partial charge in [0.15, 0.2) is 0 Å². The van der Waals surface area contributed by atoms with Gasteiger partial charge in [0.2, 0.25) is 0 Å². The highest BCUT2D eigenvalue weighted by Crippen LogP contribution is 2.35. The summed E-state index contributed by atoms with van der Waals surface area (Å²) in [5.74, 6) is -0.744. The van der Waals surface area contributed by atoms with E-state index in [0.717, 1.165) is 23.4 Å². The van der Waals surface area contributed by atoms with Gasteiger partial charge in [-0.25, -0.2) is 14.8 Å². The van der Waals surface area contributed by atoms with E-state index in [9.17, 15) is 18.0 Å². The number of anilines is 1. The Hall–Kier alpha value is -2.81. The van der Waals surface area contributed by atoms with Gasteiger partial charge in [0.1, 0.15) is 5.56 Å². The minimum absolute atomic E-state index is 0.213. The number of hydrogen-bond acceptors (Lipinski definition) is 4. The first-order valence-corrected chi connectivity index (χ1v) is 6.71. The highest BCUT2D eigenvalue weighted by Gasteiger charge is 2.36. The van der Waals surface area contributed by atoms with Crippen LogP contribution in [0.15, 0.2) is 48.7 Å². The van der Waals surface area contributed by atoms with Crippen molar-refractivity contribution < 1.29 is 27.6 Å². The Bertz CT molecular complexity index is 695. The zero-order chi connectivity index (χ0) is 17.7. The molecule has 0 radical (unpaired) electrons. The first-order chi connectivity index (χ1) is 11.3. The predicted molar refractivity (Wildman–Crippen MR) is 79.0 cm³/mol. The normalized spacial score (nSPS) is 11.0. The van der Waals surface area contributed by atoms with Gasteiger partial charge in [-0.2, -0.15) is 13.2 Å². The molecule has 9 heteroatoms. The van der Waals surface area contributed by atoms with Crippen molar-refractivity contribution >= 4 is 11.7 Å². The average Bonchev–Trinajstić information content (AvgIpc) is 2.58. The van der Waals surface area contributed by atoms with E-state index in [2.05, 4.69) is 4.98 Å². The number of hydroxylamine groups is 3. The molecule has 2 rings (SSSR count). The second-order valence-electron chi connectivity index (χ2n) is 4.54. The second kappa shape index (κ2) is 7.18. The number of urea groups is 1. The van der Waals surface area contributed by atoms with E-state index in [0.29, 0.717) is 5.06 Å². The first-order valence-electron chi connectivity index (χ1n) is 6.71. The van der Waals surface area contributed by atoms with Gasteiger partial charge in [0.25, 0.3) is 5.88 Å². The number of para-hydroxylation sites is 1. The van der Waals surface area contributed by atoms with Gasteiger partial charge < -0.3 is 4.84 Å². The van der Waals surface area contributed by atoms with Crippen molar-refractivity contribution in [3.63, 3.8) is 0 Å². The summed E-state index contributed by atoms with van der Waals surface area (Å²) in [5, 5.41) is 1.48. The number of pyridine rings is 1. The van der Waals surface area contributed by atoms with Gasteiger partial charge in [-0.1, -0.05) is 18.2 Å². The van der Waals surface area contributed by atoms with E-state index in [-0.39, 0.29) is 5.69 Å². The van der Waals surface area contributed by atoms with Crippen molar-refractivity contribution in [1.82, 2.24) is 10.0 Å². The van der Waals surface area contributed by atoms with E-state index in [1.165, 1.54) is 26.3 Å². The van der Waals surface area contributed by atoms with Crippen LogP contribution in [0.5, 0.6) is 5.88 Å². The molecule has 0 spiro atoms. The van der Waals surface area contributed by atoms with Crippen LogP contribution in [-0.2, 0) is 11.0 Å². The van der Waals surface area contributed by atoms with Crippen molar-refractivity contribution in [3.8, 4) is 5.88 Å². The van der Waals surface area contributed by atoms with Crippen LogP contribution in [0, 0.1) is 0 Å². The summed E-state index contributed by atoms with van der Waals surface area (Å²) in [7, 11) is 2.54. The SMILES string of the molecule is CON(C)C(=O)N(Oc1ncccc1C(F)(F)F)c1ccccc1. The summed E-state index contributed by atoms with van der Waals surface area (Å²) >= 11 is 0. The maximum absolute atomic E-state index is 13.1. The highest BCUT2D eigenvalue weighted by atomic mass is 19.4. The summed E-state index contributed by atoms with van der Waals surface area (Å²) in [6, 6.07) is 9.01. The Morgan fingerprint density at radius 1 is 1.12 bits per heavy atom. The lowest BCUT2D eigenvalue weighted by Gasteiger charge is -2.26. The summed E-state index contributed by atoms with van der Waals surface area (Å²) in [6.07, 6.45) is -3.54. The maximum Gasteiger partial charge on any atom is 0.421 e. The Kier molecular flexibility index (Phi) is 5.24. The number of alkyl halides is 3. The number of hydrogen-bond donors (Lipinski definition) is 0. The highest BCUT2D eigenvalue weighted by molar-refractivity contribution is 5.89. The number of nitrogens with zero attached hydrogens (tertiary/aromatic N) is 3. The van der Waals surface area contributed by atoms with E-state index in [1.54, 1.807) is 18.2 Å². The lowest BCUT2D eigenvalue weighted by atomic mass is 10.2. The molecule has 0 unspecified atom stereocenters. The Morgan fingerprint density at radius 2 is 1.79 bits per heavy atom. The van der Waals surface area contributed by atoms with Crippen LogP contribution < -0.4 is 9.90 Å². The van der Waals surface area contributed by atoms with Crippen LogP contribution in [0.4, 0.5) is 23.7 Å². The van der Waals surface area contributed by atoms with Gasteiger partial charge in [0, 0.05) is 13.2 Å². The fraction of sp³-hybridized carbons (Fsp3) is 0.200. The Labute approximate surface area is 135 Å². The molecule has 128 valence electrons. The number of halogens is 3. The third-order valence-corrected chi connectivity index (χ3v) is 2.96. The molecule has 2 amide bonds. The van der Waals surface area contributed by atoms with Crippen LogP contribution in [0.3, 0.4) is 0 Å². The van der Waals surface area contributed by atoms with Gasteiger partial charge in [-0.05, 0) is 24.3 Å². The molecule has 2 aromatic rings. The quantitative estimate of drug-likeness (QED) is 0.799. The molecule has 1 aromatic carbocycles. The molecule has 0 aliphatic heterocycles. The zero-order valence-electron chi connectivity index (χ0n) is 12.8. The Balaban J connectivity index is 2.42. The molecule has 1 aromatic heterocycles. The van der Waals surface area contributed by atoms with E-state index in [4.69, 9.17) is 9.68 Å². The molecule has 24 heavy (non-hydrogen) atoms. The monoisotopic (exact) mass is 341 g/mol. The van der Waals surface area contributed by atoms with E-state index < -0.39 is 23.7 Å². The molecule has 0 aliphatic rings. The van der Waals surface area contributed by atoms with Crippen LogP contribution in [0.25, 0.3) is 0 Å². The predicted octanol–water partition coefficient (Wildman–Crippen LogP) is 3.51. The van der Waals surface area contributed by atoms with Crippen molar-refractivity contribution in [1.29, 1.82) is 0 Å². The molecule has 6 nitrogen and oxygen atoms in total. The zero-order valence-corrected chi connectivity index (χ0v) is 12.8. The molecule has 1 heterocycles. The van der Waals surface area contributed by atoms with Crippen LogP contribution in [-0.4, -0.2) is 30.2 Å². The minimum Gasteiger partial charge on any atom is -0.349 e. The lowest BCUT2D eigenvalue weighted by Crippen LogP contribution is -2.43. The number of carbonyl (C=O) groups is 1. The summed E-state index contributed by atoms with van der Waals surface area (Å²) in [6.45, 7) is 0. The van der Waals surface area contributed by atoms with Crippen LogP contribution >= 0.6 is 0 Å². The third kappa shape index (κ3) is 3.93. The number of carbonyl (C=O) groups excluding carboxylic acids is 1. The van der Waals surface area contributed by atoms with Crippen molar-refractivity contribution in [2.75, 3.05) is 19.2 Å². The number of amides is 2. The number of rotatable bonds is 4.